The van der Waals surface area contributed by atoms with Crippen molar-refractivity contribution in [2.75, 3.05) is 32.2 Å². The van der Waals surface area contributed by atoms with Gasteiger partial charge < -0.3 is 20.1 Å². The summed E-state index contributed by atoms with van der Waals surface area (Å²) in [5.74, 6) is -0.513. The molecule has 2 N–H and O–H groups in total. The molecule has 124 valence electrons. The molecular weight excluding hydrogens is 296 g/mol. The van der Waals surface area contributed by atoms with E-state index in [4.69, 9.17) is 9.47 Å². The molecule has 1 aliphatic rings. The third kappa shape index (κ3) is 4.64. The second-order valence-corrected chi connectivity index (χ2v) is 5.55. The number of amides is 2. The van der Waals surface area contributed by atoms with Gasteiger partial charge in [0.05, 0.1) is 12.1 Å². The zero-order valence-corrected chi connectivity index (χ0v) is 13.3. The Balaban J connectivity index is 2.11. The van der Waals surface area contributed by atoms with E-state index in [-0.39, 0.29) is 11.8 Å². The van der Waals surface area contributed by atoms with Crippen LogP contribution in [0.5, 0.6) is 0 Å². The van der Waals surface area contributed by atoms with Gasteiger partial charge in [-0.05, 0) is 37.1 Å². The van der Waals surface area contributed by atoms with E-state index in [1.807, 2.05) is 0 Å². The summed E-state index contributed by atoms with van der Waals surface area (Å²) in [5.41, 5.74) is 0.619. The molecule has 1 saturated heterocycles. The number of benzene rings is 1. The summed E-state index contributed by atoms with van der Waals surface area (Å²) in [4.78, 5) is 23.9. The van der Waals surface area contributed by atoms with Crippen LogP contribution in [0.1, 0.15) is 23.2 Å². The molecule has 0 aromatic heterocycles. The van der Waals surface area contributed by atoms with Crippen LogP contribution in [-0.4, -0.2) is 44.3 Å². The van der Waals surface area contributed by atoms with Gasteiger partial charge in [-0.1, -0.05) is 12.6 Å². The number of hydrogen-bond acceptors (Lipinski definition) is 4. The van der Waals surface area contributed by atoms with Crippen LogP contribution < -0.4 is 10.6 Å². The third-order valence-corrected chi connectivity index (χ3v) is 3.83. The predicted octanol–water partition coefficient (Wildman–Crippen LogP) is 1.74. The Labute approximate surface area is 135 Å². The van der Waals surface area contributed by atoms with Gasteiger partial charge in [0.15, 0.2) is 0 Å². The first-order valence-corrected chi connectivity index (χ1v) is 7.51. The van der Waals surface area contributed by atoms with E-state index >= 15 is 0 Å². The molecule has 1 aliphatic heterocycles. The number of methoxy groups -OCH3 is 1. The van der Waals surface area contributed by atoms with Gasteiger partial charge in [-0.3, -0.25) is 9.59 Å². The summed E-state index contributed by atoms with van der Waals surface area (Å²) < 4.78 is 10.6. The molecule has 0 saturated carbocycles. The van der Waals surface area contributed by atoms with Gasteiger partial charge in [0.1, 0.15) is 0 Å². The van der Waals surface area contributed by atoms with Gasteiger partial charge in [0, 0.05) is 31.6 Å². The first-order valence-electron chi connectivity index (χ1n) is 7.51. The van der Waals surface area contributed by atoms with Crippen LogP contribution in [0.2, 0.25) is 0 Å². The average Bonchev–Trinajstić information content (AvgIpc) is 2.56. The lowest BCUT2D eigenvalue weighted by molar-refractivity contribution is -0.111. The van der Waals surface area contributed by atoms with Gasteiger partial charge in [-0.25, -0.2) is 0 Å². The third-order valence-electron chi connectivity index (χ3n) is 3.83. The molecule has 2 amide bonds. The zero-order valence-electron chi connectivity index (χ0n) is 13.3. The van der Waals surface area contributed by atoms with Crippen molar-refractivity contribution in [3.05, 3.63) is 42.5 Å². The fourth-order valence-electron chi connectivity index (χ4n) is 2.59. The highest BCUT2D eigenvalue weighted by Gasteiger charge is 2.34. The molecule has 2 rings (SSSR count). The molecule has 1 heterocycles. The molecule has 1 aromatic rings. The van der Waals surface area contributed by atoms with Crippen molar-refractivity contribution in [1.82, 2.24) is 5.32 Å². The van der Waals surface area contributed by atoms with Gasteiger partial charge in [0.2, 0.25) is 5.91 Å². The summed E-state index contributed by atoms with van der Waals surface area (Å²) >= 11 is 0. The fraction of sp³-hybridized carbons (Fsp3) is 0.412. The van der Waals surface area contributed by atoms with E-state index in [2.05, 4.69) is 17.2 Å². The first-order chi connectivity index (χ1) is 11.1. The minimum atomic E-state index is -0.412. The standard InChI is InChI=1S/C17H22N2O4/c1-3-15(20)18-14-6-4-5-13(11-14)16(21)19-17(12-22-2)7-9-23-10-8-17/h3-6,11H,1,7-10,12H2,2H3,(H,18,20)(H,19,21). The summed E-state index contributed by atoms with van der Waals surface area (Å²) in [7, 11) is 1.62. The summed E-state index contributed by atoms with van der Waals surface area (Å²) in [6.07, 6.45) is 2.60. The topological polar surface area (TPSA) is 76.7 Å². The van der Waals surface area contributed by atoms with Gasteiger partial charge in [-0.2, -0.15) is 0 Å². The number of hydrogen-bond donors (Lipinski definition) is 2. The van der Waals surface area contributed by atoms with E-state index in [0.717, 1.165) is 0 Å². The van der Waals surface area contributed by atoms with Crippen molar-refractivity contribution >= 4 is 17.5 Å². The van der Waals surface area contributed by atoms with Gasteiger partial charge in [0.25, 0.3) is 5.91 Å². The maximum atomic E-state index is 12.6. The highest BCUT2D eigenvalue weighted by Crippen LogP contribution is 2.22. The van der Waals surface area contributed by atoms with Crippen molar-refractivity contribution in [2.24, 2.45) is 0 Å². The lowest BCUT2D eigenvalue weighted by Crippen LogP contribution is -2.55. The molecular formula is C17H22N2O4. The predicted molar refractivity (Wildman–Crippen MR) is 87.4 cm³/mol. The number of anilines is 1. The van der Waals surface area contributed by atoms with Gasteiger partial charge in [-0.15, -0.1) is 0 Å². The summed E-state index contributed by atoms with van der Waals surface area (Å²) in [6, 6.07) is 6.79. The molecule has 0 aliphatic carbocycles. The molecule has 0 bridgehead atoms. The second kappa shape index (κ2) is 7.89. The number of carbonyl (C=O) groups is 2. The smallest absolute Gasteiger partial charge is 0.251 e. The zero-order chi connectivity index (χ0) is 16.7. The minimum absolute atomic E-state index is 0.196. The second-order valence-electron chi connectivity index (χ2n) is 5.55. The highest BCUT2D eigenvalue weighted by molar-refractivity contribution is 6.00. The quantitative estimate of drug-likeness (QED) is 0.783. The number of carbonyl (C=O) groups excluding carboxylic acids is 2. The lowest BCUT2D eigenvalue weighted by atomic mass is 9.90. The molecule has 6 nitrogen and oxygen atoms in total. The van der Waals surface area contributed by atoms with E-state index < -0.39 is 5.54 Å². The Morgan fingerprint density at radius 3 is 2.78 bits per heavy atom. The Morgan fingerprint density at radius 1 is 1.39 bits per heavy atom. The summed E-state index contributed by atoms with van der Waals surface area (Å²) in [6.45, 7) is 5.04. The molecule has 0 unspecified atom stereocenters. The van der Waals surface area contributed by atoms with Crippen LogP contribution in [0.4, 0.5) is 5.69 Å². The Kier molecular flexibility index (Phi) is 5.90. The van der Waals surface area contributed by atoms with E-state index in [9.17, 15) is 9.59 Å². The monoisotopic (exact) mass is 318 g/mol. The average molecular weight is 318 g/mol. The largest absolute Gasteiger partial charge is 0.382 e. The van der Waals surface area contributed by atoms with Crippen LogP contribution in [0, 0.1) is 0 Å². The highest BCUT2D eigenvalue weighted by atomic mass is 16.5. The molecule has 6 heteroatoms. The van der Waals surface area contributed by atoms with Crippen LogP contribution in [0.3, 0.4) is 0 Å². The SMILES string of the molecule is C=CC(=O)Nc1cccc(C(=O)NC2(COC)CCOCC2)c1. The van der Waals surface area contributed by atoms with E-state index in [0.29, 0.717) is 43.9 Å². The molecule has 1 aromatic carbocycles. The molecule has 0 spiro atoms. The van der Waals surface area contributed by atoms with Crippen molar-refractivity contribution in [1.29, 1.82) is 0 Å². The Hall–Kier alpha value is -2.18. The molecule has 0 radical (unpaired) electrons. The Morgan fingerprint density at radius 2 is 2.13 bits per heavy atom. The van der Waals surface area contributed by atoms with E-state index in [1.165, 1.54) is 6.08 Å². The normalized spacial score (nSPS) is 16.4. The van der Waals surface area contributed by atoms with Crippen LogP contribution in [-0.2, 0) is 14.3 Å². The number of nitrogens with one attached hydrogen (secondary N) is 2. The van der Waals surface area contributed by atoms with Crippen LogP contribution >= 0.6 is 0 Å². The first kappa shape index (κ1) is 17.2. The van der Waals surface area contributed by atoms with Crippen LogP contribution in [0.15, 0.2) is 36.9 Å². The van der Waals surface area contributed by atoms with Crippen molar-refractivity contribution in [2.45, 2.75) is 18.4 Å². The maximum absolute atomic E-state index is 12.6. The number of rotatable bonds is 6. The van der Waals surface area contributed by atoms with Crippen LogP contribution in [0.25, 0.3) is 0 Å². The maximum Gasteiger partial charge on any atom is 0.251 e. The minimum Gasteiger partial charge on any atom is -0.382 e. The van der Waals surface area contributed by atoms with Crippen molar-refractivity contribution < 1.29 is 19.1 Å². The Bertz CT molecular complexity index is 574. The lowest BCUT2D eigenvalue weighted by Gasteiger charge is -2.37. The molecule has 1 fully saturated rings. The van der Waals surface area contributed by atoms with Crippen molar-refractivity contribution in [3.8, 4) is 0 Å². The molecule has 0 atom stereocenters. The van der Waals surface area contributed by atoms with E-state index in [1.54, 1.807) is 31.4 Å². The van der Waals surface area contributed by atoms with Gasteiger partial charge >= 0.3 is 0 Å². The fourth-order valence-corrected chi connectivity index (χ4v) is 2.59. The number of ether oxygens (including phenoxy) is 2. The summed E-state index contributed by atoms with van der Waals surface area (Å²) in [5, 5.41) is 5.71. The van der Waals surface area contributed by atoms with Crippen molar-refractivity contribution in [3.63, 3.8) is 0 Å². The molecule has 23 heavy (non-hydrogen) atoms.